The van der Waals surface area contributed by atoms with Crippen molar-refractivity contribution in [2.24, 2.45) is 0 Å². The topological polar surface area (TPSA) is 12.5 Å². The van der Waals surface area contributed by atoms with Gasteiger partial charge in [0.25, 0.3) is 0 Å². The van der Waals surface area contributed by atoms with Crippen molar-refractivity contribution < 1.29 is 4.74 Å². The zero-order valence-corrected chi connectivity index (χ0v) is 9.50. The normalized spacial score (nSPS) is 10.0. The van der Waals surface area contributed by atoms with Crippen LogP contribution in [-0.2, 0) is 0 Å². The van der Waals surface area contributed by atoms with Gasteiger partial charge in [0.1, 0.15) is 5.75 Å². The van der Waals surface area contributed by atoms with E-state index in [0.29, 0.717) is 0 Å². The Labute approximate surface area is 86.5 Å². The van der Waals surface area contributed by atoms with E-state index in [1.54, 1.807) is 0 Å². The van der Waals surface area contributed by atoms with E-state index in [2.05, 4.69) is 37.9 Å². The number of benzene rings is 1. The Morgan fingerprint density at radius 1 is 1.29 bits per heavy atom. The number of nitrogens with zero attached hydrogens (tertiary/aromatic N) is 1. The minimum Gasteiger partial charge on any atom is -0.494 e. The van der Waals surface area contributed by atoms with E-state index in [-0.39, 0.29) is 0 Å². The summed E-state index contributed by atoms with van der Waals surface area (Å²) in [5.41, 5.74) is 2.44. The molecule has 0 radical (unpaired) electrons. The SMILES string of the molecule is CCOc1ccc(N(C)CC)cc1C. The van der Waals surface area contributed by atoms with Crippen LogP contribution in [0.3, 0.4) is 0 Å². The smallest absolute Gasteiger partial charge is 0.122 e. The number of hydrogen-bond donors (Lipinski definition) is 0. The molecular formula is C12H19NO. The summed E-state index contributed by atoms with van der Waals surface area (Å²) in [5.74, 6) is 0.987. The van der Waals surface area contributed by atoms with Crippen LogP contribution in [0.25, 0.3) is 0 Å². The summed E-state index contributed by atoms with van der Waals surface area (Å²) in [6.45, 7) is 7.98. The van der Waals surface area contributed by atoms with Gasteiger partial charge in [0.15, 0.2) is 0 Å². The van der Waals surface area contributed by atoms with Crippen molar-refractivity contribution in [3.8, 4) is 5.75 Å². The third-order valence-corrected chi connectivity index (χ3v) is 2.37. The fourth-order valence-corrected chi connectivity index (χ4v) is 1.37. The zero-order valence-electron chi connectivity index (χ0n) is 9.50. The predicted molar refractivity (Wildman–Crippen MR) is 61.3 cm³/mol. The summed E-state index contributed by atoms with van der Waals surface area (Å²) in [5, 5.41) is 0. The van der Waals surface area contributed by atoms with E-state index in [1.165, 1.54) is 11.3 Å². The van der Waals surface area contributed by atoms with Crippen LogP contribution in [0.15, 0.2) is 18.2 Å². The van der Waals surface area contributed by atoms with Crippen LogP contribution < -0.4 is 9.64 Å². The largest absolute Gasteiger partial charge is 0.494 e. The highest BCUT2D eigenvalue weighted by Gasteiger charge is 2.02. The molecule has 0 aliphatic carbocycles. The maximum atomic E-state index is 5.49. The van der Waals surface area contributed by atoms with Crippen molar-refractivity contribution in [2.75, 3.05) is 25.1 Å². The summed E-state index contributed by atoms with van der Waals surface area (Å²) in [7, 11) is 2.09. The van der Waals surface area contributed by atoms with E-state index >= 15 is 0 Å². The van der Waals surface area contributed by atoms with Crippen LogP contribution in [0, 0.1) is 6.92 Å². The number of rotatable bonds is 4. The van der Waals surface area contributed by atoms with Gasteiger partial charge < -0.3 is 9.64 Å². The number of anilines is 1. The Hall–Kier alpha value is -1.18. The predicted octanol–water partition coefficient (Wildman–Crippen LogP) is 2.85. The molecule has 0 amide bonds. The highest BCUT2D eigenvalue weighted by Crippen LogP contribution is 2.23. The van der Waals surface area contributed by atoms with Gasteiger partial charge in [0.05, 0.1) is 6.61 Å². The number of hydrogen-bond acceptors (Lipinski definition) is 2. The van der Waals surface area contributed by atoms with Crippen molar-refractivity contribution in [2.45, 2.75) is 20.8 Å². The van der Waals surface area contributed by atoms with Crippen molar-refractivity contribution in [1.82, 2.24) is 0 Å². The highest BCUT2D eigenvalue weighted by molar-refractivity contribution is 5.52. The van der Waals surface area contributed by atoms with Crippen LogP contribution in [0.2, 0.25) is 0 Å². The van der Waals surface area contributed by atoms with E-state index in [9.17, 15) is 0 Å². The highest BCUT2D eigenvalue weighted by atomic mass is 16.5. The first-order chi connectivity index (χ1) is 6.69. The van der Waals surface area contributed by atoms with Crippen LogP contribution in [0.4, 0.5) is 5.69 Å². The molecule has 2 heteroatoms. The lowest BCUT2D eigenvalue weighted by Crippen LogP contribution is -2.15. The molecule has 1 rings (SSSR count). The van der Waals surface area contributed by atoms with Crippen molar-refractivity contribution in [1.29, 1.82) is 0 Å². The van der Waals surface area contributed by atoms with Gasteiger partial charge in [-0.1, -0.05) is 0 Å². The zero-order chi connectivity index (χ0) is 10.6. The van der Waals surface area contributed by atoms with Gasteiger partial charge in [0.2, 0.25) is 0 Å². The molecule has 0 saturated heterocycles. The van der Waals surface area contributed by atoms with Gasteiger partial charge in [-0.25, -0.2) is 0 Å². The monoisotopic (exact) mass is 193 g/mol. The Balaban J connectivity index is 2.88. The Morgan fingerprint density at radius 2 is 2.00 bits per heavy atom. The number of ether oxygens (including phenoxy) is 1. The van der Waals surface area contributed by atoms with Gasteiger partial charge in [-0.3, -0.25) is 0 Å². The maximum absolute atomic E-state index is 5.49. The van der Waals surface area contributed by atoms with Crippen LogP contribution >= 0.6 is 0 Å². The molecule has 0 aliphatic heterocycles. The lowest BCUT2D eigenvalue weighted by molar-refractivity contribution is 0.338. The van der Waals surface area contributed by atoms with Crippen LogP contribution in [-0.4, -0.2) is 20.2 Å². The number of aryl methyl sites for hydroxylation is 1. The second-order valence-electron chi connectivity index (χ2n) is 3.40. The molecule has 0 unspecified atom stereocenters. The molecule has 0 aliphatic rings. The van der Waals surface area contributed by atoms with Gasteiger partial charge in [-0.2, -0.15) is 0 Å². The molecule has 0 N–H and O–H groups in total. The average Bonchev–Trinajstić information content (AvgIpc) is 2.20. The minimum absolute atomic E-state index is 0.726. The molecule has 2 nitrogen and oxygen atoms in total. The van der Waals surface area contributed by atoms with Crippen molar-refractivity contribution in [3.05, 3.63) is 23.8 Å². The molecule has 0 spiro atoms. The van der Waals surface area contributed by atoms with Gasteiger partial charge in [-0.15, -0.1) is 0 Å². The van der Waals surface area contributed by atoms with Crippen LogP contribution in [0.5, 0.6) is 5.75 Å². The van der Waals surface area contributed by atoms with E-state index in [1.807, 2.05) is 13.0 Å². The Bertz CT molecular complexity index is 296. The average molecular weight is 193 g/mol. The molecule has 14 heavy (non-hydrogen) atoms. The fourth-order valence-electron chi connectivity index (χ4n) is 1.37. The van der Waals surface area contributed by atoms with Crippen molar-refractivity contribution in [3.63, 3.8) is 0 Å². The summed E-state index contributed by atoms with van der Waals surface area (Å²) >= 11 is 0. The first-order valence-electron chi connectivity index (χ1n) is 5.13. The standard InChI is InChI=1S/C12H19NO/c1-5-13(4)11-7-8-12(14-6-2)10(3)9-11/h7-9H,5-6H2,1-4H3. The minimum atomic E-state index is 0.726. The van der Waals surface area contributed by atoms with Gasteiger partial charge in [0, 0.05) is 19.3 Å². The van der Waals surface area contributed by atoms with E-state index in [0.717, 1.165) is 18.9 Å². The third kappa shape index (κ3) is 2.41. The molecule has 0 atom stereocenters. The summed E-state index contributed by atoms with van der Waals surface area (Å²) < 4.78 is 5.49. The lowest BCUT2D eigenvalue weighted by Gasteiger charge is -2.18. The van der Waals surface area contributed by atoms with E-state index in [4.69, 9.17) is 4.74 Å². The summed E-state index contributed by atoms with van der Waals surface area (Å²) in [6, 6.07) is 6.30. The quantitative estimate of drug-likeness (QED) is 0.729. The van der Waals surface area contributed by atoms with Gasteiger partial charge >= 0.3 is 0 Å². The third-order valence-electron chi connectivity index (χ3n) is 2.37. The summed E-state index contributed by atoms with van der Waals surface area (Å²) in [4.78, 5) is 2.21. The van der Waals surface area contributed by atoms with Crippen molar-refractivity contribution >= 4 is 5.69 Å². The maximum Gasteiger partial charge on any atom is 0.122 e. The molecule has 0 aromatic heterocycles. The summed E-state index contributed by atoms with van der Waals surface area (Å²) in [6.07, 6.45) is 0. The molecular weight excluding hydrogens is 174 g/mol. The van der Waals surface area contributed by atoms with Crippen LogP contribution in [0.1, 0.15) is 19.4 Å². The molecule has 1 aromatic rings. The molecule has 0 fully saturated rings. The molecule has 1 aromatic carbocycles. The molecule has 0 bridgehead atoms. The fraction of sp³-hybridized carbons (Fsp3) is 0.500. The van der Waals surface area contributed by atoms with E-state index < -0.39 is 0 Å². The second kappa shape index (κ2) is 4.89. The lowest BCUT2D eigenvalue weighted by atomic mass is 10.2. The first kappa shape index (κ1) is 10.9. The second-order valence-corrected chi connectivity index (χ2v) is 3.40. The Kier molecular flexibility index (Phi) is 3.81. The molecule has 0 saturated carbocycles. The molecule has 0 heterocycles. The van der Waals surface area contributed by atoms with Gasteiger partial charge in [-0.05, 0) is 44.5 Å². The first-order valence-corrected chi connectivity index (χ1v) is 5.13. The Morgan fingerprint density at radius 3 is 2.50 bits per heavy atom. The molecule has 78 valence electrons.